The molecule has 0 unspecified atom stereocenters. The van der Waals surface area contributed by atoms with E-state index in [9.17, 15) is 4.79 Å². The van der Waals surface area contributed by atoms with Crippen molar-refractivity contribution in [2.45, 2.75) is 26.4 Å². The number of hydrogen-bond acceptors (Lipinski definition) is 5. The lowest BCUT2D eigenvalue weighted by molar-refractivity contribution is 0.755. The van der Waals surface area contributed by atoms with Crippen molar-refractivity contribution in [1.82, 2.24) is 20.3 Å². The summed E-state index contributed by atoms with van der Waals surface area (Å²) in [4.78, 5) is 23.4. The second-order valence-corrected chi connectivity index (χ2v) is 5.14. The Morgan fingerprint density at radius 2 is 2.29 bits per heavy atom. The van der Waals surface area contributed by atoms with Gasteiger partial charge in [0.25, 0.3) is 5.56 Å². The zero-order chi connectivity index (χ0) is 11.8. The first-order valence-corrected chi connectivity index (χ1v) is 6.33. The van der Waals surface area contributed by atoms with Gasteiger partial charge in [-0.2, -0.15) is 0 Å². The standard InChI is InChI=1S/C11H12N4OS/c1-6-13-7(5-17-6)2-10-14-9-4-12-3-8(9)11(16)15-10/h5,12H,2-4H2,1H3,(H,14,15,16). The van der Waals surface area contributed by atoms with Crippen LogP contribution in [0.2, 0.25) is 0 Å². The Bertz CT molecular complexity index is 616. The van der Waals surface area contributed by atoms with E-state index in [1.807, 2.05) is 12.3 Å². The average Bonchev–Trinajstić information content (AvgIpc) is 2.87. The molecule has 0 spiro atoms. The zero-order valence-electron chi connectivity index (χ0n) is 9.41. The third kappa shape index (κ3) is 2.01. The van der Waals surface area contributed by atoms with Crippen LogP contribution in [0.3, 0.4) is 0 Å². The molecule has 0 bridgehead atoms. The second kappa shape index (κ2) is 4.05. The summed E-state index contributed by atoms with van der Waals surface area (Å²) in [5.41, 5.74) is 2.57. The van der Waals surface area contributed by atoms with Gasteiger partial charge in [-0.1, -0.05) is 0 Å². The van der Waals surface area contributed by atoms with Crippen molar-refractivity contribution in [1.29, 1.82) is 0 Å². The van der Waals surface area contributed by atoms with Gasteiger partial charge in [0.15, 0.2) is 0 Å². The molecule has 1 aliphatic heterocycles. The summed E-state index contributed by atoms with van der Waals surface area (Å²) in [7, 11) is 0. The number of nitrogens with one attached hydrogen (secondary N) is 2. The predicted octanol–water partition coefficient (Wildman–Crippen LogP) is 0.729. The molecule has 0 atom stereocenters. The van der Waals surface area contributed by atoms with E-state index in [0.717, 1.165) is 22.0 Å². The monoisotopic (exact) mass is 248 g/mol. The van der Waals surface area contributed by atoms with E-state index >= 15 is 0 Å². The van der Waals surface area contributed by atoms with Gasteiger partial charge in [-0.15, -0.1) is 11.3 Å². The van der Waals surface area contributed by atoms with Crippen LogP contribution in [0.4, 0.5) is 0 Å². The van der Waals surface area contributed by atoms with Gasteiger partial charge in [0.05, 0.1) is 22.0 Å². The fraction of sp³-hybridized carbons (Fsp3) is 0.364. The average molecular weight is 248 g/mol. The molecule has 0 amide bonds. The smallest absolute Gasteiger partial charge is 0.255 e. The molecule has 0 fully saturated rings. The number of aryl methyl sites for hydroxylation is 1. The number of nitrogens with zero attached hydrogens (tertiary/aromatic N) is 2. The second-order valence-electron chi connectivity index (χ2n) is 4.08. The normalized spacial score (nSPS) is 13.9. The fourth-order valence-corrected chi connectivity index (χ4v) is 2.59. The summed E-state index contributed by atoms with van der Waals surface area (Å²) in [5, 5.41) is 6.16. The molecular formula is C11H12N4OS. The third-order valence-corrected chi connectivity index (χ3v) is 3.58. The molecule has 0 aliphatic carbocycles. The quantitative estimate of drug-likeness (QED) is 0.822. The number of aromatic amines is 1. The van der Waals surface area contributed by atoms with Crippen LogP contribution in [0.25, 0.3) is 0 Å². The molecule has 88 valence electrons. The lowest BCUT2D eigenvalue weighted by Crippen LogP contribution is -2.17. The molecule has 0 radical (unpaired) electrons. The Morgan fingerprint density at radius 3 is 3.06 bits per heavy atom. The van der Waals surface area contributed by atoms with Crippen LogP contribution in [0, 0.1) is 6.92 Å². The molecule has 0 aromatic carbocycles. The SMILES string of the molecule is Cc1nc(Cc2nc3c(c(=O)[nH]2)CNC3)cs1. The first-order valence-electron chi connectivity index (χ1n) is 5.45. The van der Waals surface area contributed by atoms with Crippen molar-refractivity contribution >= 4 is 11.3 Å². The molecule has 6 heteroatoms. The van der Waals surface area contributed by atoms with Crippen molar-refractivity contribution in [2.75, 3.05) is 0 Å². The van der Waals surface area contributed by atoms with E-state index in [1.165, 1.54) is 0 Å². The molecule has 2 N–H and O–H groups in total. The van der Waals surface area contributed by atoms with Crippen LogP contribution in [-0.2, 0) is 19.5 Å². The highest BCUT2D eigenvalue weighted by molar-refractivity contribution is 7.09. The molecule has 2 aromatic rings. The number of H-pyrrole nitrogens is 1. The van der Waals surface area contributed by atoms with Crippen LogP contribution in [0.1, 0.15) is 27.8 Å². The Hall–Kier alpha value is -1.53. The van der Waals surface area contributed by atoms with Gasteiger partial charge < -0.3 is 10.3 Å². The molecule has 3 rings (SSSR count). The maximum Gasteiger partial charge on any atom is 0.255 e. The summed E-state index contributed by atoms with van der Waals surface area (Å²) in [6.07, 6.45) is 0.590. The van der Waals surface area contributed by atoms with E-state index in [1.54, 1.807) is 11.3 Å². The van der Waals surface area contributed by atoms with Crippen LogP contribution < -0.4 is 10.9 Å². The maximum atomic E-state index is 11.8. The molecule has 0 saturated heterocycles. The van der Waals surface area contributed by atoms with E-state index in [2.05, 4.69) is 20.3 Å². The number of aromatic nitrogens is 3. The van der Waals surface area contributed by atoms with Crippen LogP contribution in [-0.4, -0.2) is 15.0 Å². The lowest BCUT2D eigenvalue weighted by atomic mass is 10.2. The minimum absolute atomic E-state index is 0.0260. The minimum Gasteiger partial charge on any atom is -0.310 e. The predicted molar refractivity (Wildman–Crippen MR) is 65.1 cm³/mol. The van der Waals surface area contributed by atoms with Crippen molar-refractivity contribution in [3.63, 3.8) is 0 Å². The van der Waals surface area contributed by atoms with Gasteiger partial charge in [-0.05, 0) is 6.92 Å². The molecule has 5 nitrogen and oxygen atoms in total. The summed E-state index contributed by atoms with van der Waals surface area (Å²) >= 11 is 1.61. The largest absolute Gasteiger partial charge is 0.310 e. The summed E-state index contributed by atoms with van der Waals surface area (Å²) < 4.78 is 0. The molecule has 1 aliphatic rings. The highest BCUT2D eigenvalue weighted by Crippen LogP contribution is 2.12. The first kappa shape index (κ1) is 10.6. The van der Waals surface area contributed by atoms with Gasteiger partial charge >= 0.3 is 0 Å². The molecule has 3 heterocycles. The molecule has 0 saturated carbocycles. The van der Waals surface area contributed by atoms with Gasteiger partial charge in [0.1, 0.15) is 5.82 Å². The first-order chi connectivity index (χ1) is 8.22. The maximum absolute atomic E-state index is 11.8. The Kier molecular flexibility index (Phi) is 2.53. The van der Waals surface area contributed by atoms with Crippen molar-refractivity contribution in [3.05, 3.63) is 43.5 Å². The third-order valence-electron chi connectivity index (χ3n) is 2.76. The number of hydrogen-bond donors (Lipinski definition) is 2. The summed E-state index contributed by atoms with van der Waals surface area (Å²) in [6, 6.07) is 0. The number of fused-ring (bicyclic) bond motifs is 1. The number of rotatable bonds is 2. The van der Waals surface area contributed by atoms with Crippen LogP contribution in [0.15, 0.2) is 10.2 Å². The van der Waals surface area contributed by atoms with Gasteiger partial charge in [0, 0.05) is 24.9 Å². The van der Waals surface area contributed by atoms with Crippen LogP contribution >= 0.6 is 11.3 Å². The number of thiazole rings is 1. The Labute approximate surface area is 102 Å². The van der Waals surface area contributed by atoms with Gasteiger partial charge in [-0.25, -0.2) is 9.97 Å². The topological polar surface area (TPSA) is 70.7 Å². The van der Waals surface area contributed by atoms with Crippen molar-refractivity contribution in [2.24, 2.45) is 0 Å². The van der Waals surface area contributed by atoms with Gasteiger partial charge in [-0.3, -0.25) is 4.79 Å². The summed E-state index contributed by atoms with van der Waals surface area (Å²) in [5.74, 6) is 0.697. The molecular weight excluding hydrogens is 236 g/mol. The minimum atomic E-state index is -0.0260. The zero-order valence-corrected chi connectivity index (χ0v) is 10.2. The van der Waals surface area contributed by atoms with E-state index in [0.29, 0.717) is 25.3 Å². The Morgan fingerprint density at radius 1 is 1.41 bits per heavy atom. The van der Waals surface area contributed by atoms with E-state index < -0.39 is 0 Å². The van der Waals surface area contributed by atoms with E-state index in [4.69, 9.17) is 0 Å². The van der Waals surface area contributed by atoms with Crippen molar-refractivity contribution in [3.8, 4) is 0 Å². The molecule has 2 aromatic heterocycles. The van der Waals surface area contributed by atoms with Gasteiger partial charge in [0.2, 0.25) is 0 Å². The molecule has 17 heavy (non-hydrogen) atoms. The van der Waals surface area contributed by atoms with E-state index in [-0.39, 0.29) is 5.56 Å². The highest BCUT2D eigenvalue weighted by Gasteiger charge is 2.16. The highest BCUT2D eigenvalue weighted by atomic mass is 32.1. The lowest BCUT2D eigenvalue weighted by Gasteiger charge is -2.01. The van der Waals surface area contributed by atoms with Crippen LogP contribution in [0.5, 0.6) is 0 Å². The summed E-state index contributed by atoms with van der Waals surface area (Å²) in [6.45, 7) is 3.27. The fourth-order valence-electron chi connectivity index (χ4n) is 1.98. The van der Waals surface area contributed by atoms with Crippen molar-refractivity contribution < 1.29 is 0 Å². The Balaban J connectivity index is 1.94.